The fourth-order valence-electron chi connectivity index (χ4n) is 1.77. The molecule has 0 saturated carbocycles. The molecule has 0 radical (unpaired) electrons. The van der Waals surface area contributed by atoms with Crippen molar-refractivity contribution in [2.24, 2.45) is 5.73 Å². The molecular formula is C14H22FN3O. The molecule has 2 amide bonds. The molecule has 1 aromatic carbocycles. The van der Waals surface area contributed by atoms with Crippen molar-refractivity contribution in [1.82, 2.24) is 4.90 Å². The van der Waals surface area contributed by atoms with Gasteiger partial charge in [0.15, 0.2) is 0 Å². The molecule has 19 heavy (non-hydrogen) atoms. The number of hydrogen-bond acceptors (Lipinski definition) is 2. The van der Waals surface area contributed by atoms with Crippen molar-refractivity contribution in [2.45, 2.75) is 32.7 Å². The second-order valence-electron chi connectivity index (χ2n) is 5.11. The molecule has 0 spiro atoms. The number of nitrogens with two attached hydrogens (primary N) is 1. The predicted octanol–water partition coefficient (Wildman–Crippen LogP) is 2.81. The van der Waals surface area contributed by atoms with Crippen molar-refractivity contribution in [2.75, 3.05) is 18.4 Å². The number of carbonyl (C=O) groups excluding carboxylic acids is 1. The highest BCUT2D eigenvalue weighted by molar-refractivity contribution is 5.89. The molecular weight excluding hydrogens is 245 g/mol. The zero-order valence-electron chi connectivity index (χ0n) is 11.7. The van der Waals surface area contributed by atoms with Crippen LogP contribution in [-0.2, 0) is 0 Å². The first-order valence-corrected chi connectivity index (χ1v) is 6.45. The van der Waals surface area contributed by atoms with Crippen LogP contribution in [0.3, 0.4) is 0 Å². The number of benzene rings is 1. The summed E-state index contributed by atoms with van der Waals surface area (Å²) in [6.45, 7) is 6.78. The standard InChI is InChI=1S/C14H22FN3O/c1-4-8-18(14(2,3)10-16)13(19)17-12-7-5-6-11(15)9-12/h5-7,9H,4,8,10,16H2,1-3H3,(H,17,19). The molecule has 0 aromatic heterocycles. The van der Waals surface area contributed by atoms with Gasteiger partial charge in [0.2, 0.25) is 0 Å². The van der Waals surface area contributed by atoms with Crippen LogP contribution in [0.1, 0.15) is 27.2 Å². The van der Waals surface area contributed by atoms with Gasteiger partial charge >= 0.3 is 6.03 Å². The Kier molecular flexibility index (Phi) is 5.30. The van der Waals surface area contributed by atoms with Gasteiger partial charge < -0.3 is 16.0 Å². The average Bonchev–Trinajstić information content (AvgIpc) is 2.35. The number of urea groups is 1. The van der Waals surface area contributed by atoms with Gasteiger partial charge in [0, 0.05) is 18.8 Å². The van der Waals surface area contributed by atoms with Crippen molar-refractivity contribution in [3.63, 3.8) is 0 Å². The molecule has 4 nitrogen and oxygen atoms in total. The molecule has 0 unspecified atom stereocenters. The van der Waals surface area contributed by atoms with E-state index in [1.165, 1.54) is 12.1 Å². The molecule has 0 aliphatic carbocycles. The summed E-state index contributed by atoms with van der Waals surface area (Å²) in [6, 6.07) is 5.58. The topological polar surface area (TPSA) is 58.4 Å². The van der Waals surface area contributed by atoms with E-state index in [4.69, 9.17) is 5.73 Å². The SMILES string of the molecule is CCCN(C(=O)Nc1cccc(F)c1)C(C)(C)CN. The fourth-order valence-corrected chi connectivity index (χ4v) is 1.77. The first-order valence-electron chi connectivity index (χ1n) is 6.45. The molecule has 0 aliphatic rings. The summed E-state index contributed by atoms with van der Waals surface area (Å²) in [6.07, 6.45) is 0.833. The lowest BCUT2D eigenvalue weighted by atomic mass is 10.0. The molecule has 0 heterocycles. The van der Waals surface area contributed by atoms with Crippen molar-refractivity contribution in [3.05, 3.63) is 30.1 Å². The van der Waals surface area contributed by atoms with Crippen LogP contribution in [-0.4, -0.2) is 29.6 Å². The molecule has 106 valence electrons. The number of rotatable bonds is 5. The maximum atomic E-state index is 13.1. The Morgan fingerprint density at radius 3 is 2.68 bits per heavy atom. The van der Waals surface area contributed by atoms with Crippen LogP contribution < -0.4 is 11.1 Å². The third-order valence-electron chi connectivity index (χ3n) is 3.00. The van der Waals surface area contributed by atoms with Crippen LogP contribution in [0.25, 0.3) is 0 Å². The Balaban J connectivity index is 2.83. The van der Waals surface area contributed by atoms with Crippen LogP contribution in [0, 0.1) is 5.82 Å². The number of nitrogens with one attached hydrogen (secondary N) is 1. The summed E-state index contributed by atoms with van der Waals surface area (Å²) in [5.74, 6) is -0.377. The number of nitrogens with zero attached hydrogens (tertiary/aromatic N) is 1. The third kappa shape index (κ3) is 4.21. The van der Waals surface area contributed by atoms with Crippen molar-refractivity contribution in [3.8, 4) is 0 Å². The molecule has 1 aromatic rings. The van der Waals surface area contributed by atoms with Gasteiger partial charge in [0.25, 0.3) is 0 Å². The Morgan fingerprint density at radius 1 is 1.47 bits per heavy atom. The monoisotopic (exact) mass is 267 g/mol. The van der Waals surface area contributed by atoms with Crippen LogP contribution in [0.4, 0.5) is 14.9 Å². The first kappa shape index (κ1) is 15.4. The second kappa shape index (κ2) is 6.52. The Morgan fingerprint density at radius 2 is 2.16 bits per heavy atom. The van der Waals surface area contributed by atoms with Gasteiger partial charge in [-0.05, 0) is 38.5 Å². The highest BCUT2D eigenvalue weighted by atomic mass is 19.1. The van der Waals surface area contributed by atoms with E-state index in [2.05, 4.69) is 5.32 Å². The molecule has 3 N–H and O–H groups in total. The van der Waals surface area contributed by atoms with Gasteiger partial charge in [-0.25, -0.2) is 9.18 Å². The van der Waals surface area contributed by atoms with Gasteiger partial charge in [-0.1, -0.05) is 13.0 Å². The summed E-state index contributed by atoms with van der Waals surface area (Å²) in [4.78, 5) is 13.9. The predicted molar refractivity (Wildman–Crippen MR) is 75.5 cm³/mol. The first-order chi connectivity index (χ1) is 8.90. The number of amides is 2. The van der Waals surface area contributed by atoms with E-state index in [1.54, 1.807) is 17.0 Å². The quantitative estimate of drug-likeness (QED) is 0.861. The van der Waals surface area contributed by atoms with E-state index in [-0.39, 0.29) is 11.8 Å². The second-order valence-corrected chi connectivity index (χ2v) is 5.11. The third-order valence-corrected chi connectivity index (χ3v) is 3.00. The van der Waals surface area contributed by atoms with E-state index in [9.17, 15) is 9.18 Å². The lowest BCUT2D eigenvalue weighted by Gasteiger charge is -2.37. The van der Waals surface area contributed by atoms with Crippen molar-refractivity contribution < 1.29 is 9.18 Å². The van der Waals surface area contributed by atoms with E-state index in [0.29, 0.717) is 18.8 Å². The maximum absolute atomic E-state index is 13.1. The van der Waals surface area contributed by atoms with Crippen molar-refractivity contribution >= 4 is 11.7 Å². The smallest absolute Gasteiger partial charge is 0.322 e. The minimum atomic E-state index is -0.437. The number of halogens is 1. The van der Waals surface area contributed by atoms with Crippen LogP contribution in [0.2, 0.25) is 0 Å². The normalized spacial score (nSPS) is 11.2. The van der Waals surface area contributed by atoms with Crippen LogP contribution >= 0.6 is 0 Å². The summed E-state index contributed by atoms with van der Waals surface area (Å²) in [7, 11) is 0. The lowest BCUT2D eigenvalue weighted by molar-refractivity contribution is 0.150. The molecule has 0 bridgehead atoms. The van der Waals surface area contributed by atoms with Gasteiger partial charge in [-0.2, -0.15) is 0 Å². The lowest BCUT2D eigenvalue weighted by Crippen LogP contribution is -2.54. The van der Waals surface area contributed by atoms with Gasteiger partial charge in [-0.15, -0.1) is 0 Å². The summed E-state index contributed by atoms with van der Waals surface area (Å²) >= 11 is 0. The minimum absolute atomic E-state index is 0.261. The number of anilines is 1. The highest BCUT2D eigenvalue weighted by Gasteiger charge is 2.28. The summed E-state index contributed by atoms with van der Waals surface area (Å²) in [5, 5.41) is 2.70. The van der Waals surface area contributed by atoms with Crippen LogP contribution in [0.5, 0.6) is 0 Å². The van der Waals surface area contributed by atoms with Gasteiger partial charge in [0.1, 0.15) is 5.82 Å². The zero-order chi connectivity index (χ0) is 14.5. The number of carbonyl (C=O) groups is 1. The molecule has 1 rings (SSSR count). The molecule has 0 fully saturated rings. The van der Waals surface area contributed by atoms with Crippen LogP contribution in [0.15, 0.2) is 24.3 Å². The summed E-state index contributed by atoms with van der Waals surface area (Å²) < 4.78 is 13.1. The largest absolute Gasteiger partial charge is 0.328 e. The molecule has 0 aliphatic heterocycles. The summed E-state index contributed by atoms with van der Waals surface area (Å²) in [5.41, 5.74) is 5.72. The van der Waals surface area contributed by atoms with E-state index in [1.807, 2.05) is 20.8 Å². The zero-order valence-corrected chi connectivity index (χ0v) is 11.7. The highest BCUT2D eigenvalue weighted by Crippen LogP contribution is 2.16. The Hall–Kier alpha value is -1.62. The fraction of sp³-hybridized carbons (Fsp3) is 0.500. The molecule has 0 atom stereocenters. The van der Waals surface area contributed by atoms with E-state index < -0.39 is 5.54 Å². The van der Waals surface area contributed by atoms with Gasteiger partial charge in [-0.3, -0.25) is 0 Å². The Labute approximate surface area is 113 Å². The van der Waals surface area contributed by atoms with E-state index in [0.717, 1.165) is 6.42 Å². The maximum Gasteiger partial charge on any atom is 0.322 e. The minimum Gasteiger partial charge on any atom is -0.328 e. The molecule has 0 saturated heterocycles. The molecule has 5 heteroatoms. The van der Waals surface area contributed by atoms with E-state index >= 15 is 0 Å². The van der Waals surface area contributed by atoms with Gasteiger partial charge in [0.05, 0.1) is 5.54 Å². The average molecular weight is 267 g/mol. The van der Waals surface area contributed by atoms with Crippen molar-refractivity contribution in [1.29, 1.82) is 0 Å². The Bertz CT molecular complexity index is 434. The number of hydrogen-bond donors (Lipinski definition) is 2.